The summed E-state index contributed by atoms with van der Waals surface area (Å²) >= 11 is 0. The molecule has 1 aliphatic heterocycles. The molecule has 0 radical (unpaired) electrons. The van der Waals surface area contributed by atoms with Crippen LogP contribution in [0.5, 0.6) is 0 Å². The standard InChI is InChI=1S/C20H34O3/c1-2-3-4-5-6-10-19(21)23-18-12-11-17-16(18)9-7-8-15-13-14-22-20(15)17/h15-18,20H,2-14H2,1H3. The van der Waals surface area contributed by atoms with Crippen LogP contribution in [0, 0.1) is 17.8 Å². The quantitative estimate of drug-likeness (QED) is 0.495. The maximum Gasteiger partial charge on any atom is 0.306 e. The van der Waals surface area contributed by atoms with Crippen molar-refractivity contribution in [2.24, 2.45) is 17.8 Å². The Morgan fingerprint density at radius 3 is 2.74 bits per heavy atom. The molecule has 5 atom stereocenters. The molecular weight excluding hydrogens is 288 g/mol. The highest BCUT2D eigenvalue weighted by atomic mass is 16.5. The third kappa shape index (κ3) is 4.29. The van der Waals surface area contributed by atoms with Gasteiger partial charge in [0.05, 0.1) is 6.10 Å². The smallest absolute Gasteiger partial charge is 0.306 e. The predicted octanol–water partition coefficient (Wildman–Crippen LogP) is 4.87. The highest BCUT2D eigenvalue weighted by molar-refractivity contribution is 5.69. The Hall–Kier alpha value is -0.570. The molecule has 0 bridgehead atoms. The van der Waals surface area contributed by atoms with Gasteiger partial charge in [0, 0.05) is 18.9 Å². The van der Waals surface area contributed by atoms with E-state index in [9.17, 15) is 4.79 Å². The maximum atomic E-state index is 12.2. The lowest BCUT2D eigenvalue weighted by Gasteiger charge is -2.27. The van der Waals surface area contributed by atoms with Crippen molar-refractivity contribution < 1.29 is 14.3 Å². The van der Waals surface area contributed by atoms with Gasteiger partial charge in [0.2, 0.25) is 0 Å². The number of carbonyl (C=O) groups excluding carboxylic acids is 1. The highest BCUT2D eigenvalue weighted by Crippen LogP contribution is 2.48. The fourth-order valence-electron chi connectivity index (χ4n) is 5.17. The number of esters is 1. The molecule has 3 aliphatic rings. The normalized spacial score (nSPS) is 36.3. The number of carbonyl (C=O) groups is 1. The van der Waals surface area contributed by atoms with Gasteiger partial charge in [0.15, 0.2) is 0 Å². The first-order valence-corrected chi connectivity index (χ1v) is 10.1. The van der Waals surface area contributed by atoms with Crippen molar-refractivity contribution >= 4 is 5.97 Å². The second-order valence-corrected chi connectivity index (χ2v) is 7.91. The molecule has 3 rings (SSSR count). The summed E-state index contributed by atoms with van der Waals surface area (Å²) < 4.78 is 12.0. The summed E-state index contributed by atoms with van der Waals surface area (Å²) in [5.41, 5.74) is 0. The monoisotopic (exact) mass is 322 g/mol. The van der Waals surface area contributed by atoms with Crippen LogP contribution in [0.1, 0.15) is 84.0 Å². The molecular formula is C20H34O3. The second-order valence-electron chi connectivity index (χ2n) is 7.91. The molecule has 5 unspecified atom stereocenters. The van der Waals surface area contributed by atoms with E-state index >= 15 is 0 Å². The Kier molecular flexibility index (Phi) is 6.38. The zero-order valence-corrected chi connectivity index (χ0v) is 14.8. The first-order chi connectivity index (χ1) is 11.3. The number of fused-ring (bicyclic) bond motifs is 3. The third-order valence-electron chi connectivity index (χ3n) is 6.38. The minimum Gasteiger partial charge on any atom is -0.462 e. The van der Waals surface area contributed by atoms with Crippen LogP contribution < -0.4 is 0 Å². The lowest BCUT2D eigenvalue weighted by Crippen LogP contribution is -2.31. The van der Waals surface area contributed by atoms with Crippen molar-refractivity contribution in [3.05, 3.63) is 0 Å². The molecule has 23 heavy (non-hydrogen) atoms. The third-order valence-corrected chi connectivity index (χ3v) is 6.38. The minimum absolute atomic E-state index is 0.0419. The molecule has 2 aliphatic carbocycles. The molecule has 3 heteroatoms. The molecule has 3 nitrogen and oxygen atoms in total. The summed E-state index contributed by atoms with van der Waals surface area (Å²) in [6.07, 6.45) is 14.5. The van der Waals surface area contributed by atoms with Crippen LogP contribution in [-0.2, 0) is 14.3 Å². The van der Waals surface area contributed by atoms with Crippen molar-refractivity contribution in [3.63, 3.8) is 0 Å². The average Bonchev–Trinajstić information content (AvgIpc) is 3.11. The van der Waals surface area contributed by atoms with Gasteiger partial charge in [-0.3, -0.25) is 4.79 Å². The van der Waals surface area contributed by atoms with Gasteiger partial charge in [-0.15, -0.1) is 0 Å². The van der Waals surface area contributed by atoms with Gasteiger partial charge in [-0.1, -0.05) is 39.0 Å². The maximum absolute atomic E-state index is 12.2. The van der Waals surface area contributed by atoms with E-state index in [-0.39, 0.29) is 12.1 Å². The fourth-order valence-corrected chi connectivity index (χ4v) is 5.17. The topological polar surface area (TPSA) is 35.5 Å². The van der Waals surface area contributed by atoms with Gasteiger partial charge in [0.1, 0.15) is 6.10 Å². The molecule has 0 amide bonds. The van der Waals surface area contributed by atoms with E-state index in [1.807, 2.05) is 0 Å². The summed E-state index contributed by atoms with van der Waals surface area (Å²) in [5.74, 6) is 2.03. The Morgan fingerprint density at radius 1 is 1.00 bits per heavy atom. The zero-order valence-electron chi connectivity index (χ0n) is 14.8. The summed E-state index contributed by atoms with van der Waals surface area (Å²) in [7, 11) is 0. The van der Waals surface area contributed by atoms with E-state index in [2.05, 4.69) is 6.92 Å². The van der Waals surface area contributed by atoms with E-state index in [1.165, 1.54) is 51.4 Å². The molecule has 2 saturated carbocycles. The molecule has 3 fully saturated rings. The Morgan fingerprint density at radius 2 is 1.87 bits per heavy atom. The lowest BCUT2D eigenvalue weighted by atomic mass is 9.85. The van der Waals surface area contributed by atoms with E-state index in [0.717, 1.165) is 31.8 Å². The molecule has 1 heterocycles. The van der Waals surface area contributed by atoms with Crippen LogP contribution in [0.25, 0.3) is 0 Å². The van der Waals surface area contributed by atoms with E-state index in [1.54, 1.807) is 0 Å². The van der Waals surface area contributed by atoms with Crippen LogP contribution in [0.4, 0.5) is 0 Å². The zero-order chi connectivity index (χ0) is 16.1. The second kappa shape index (κ2) is 8.50. The van der Waals surface area contributed by atoms with Gasteiger partial charge >= 0.3 is 5.97 Å². The van der Waals surface area contributed by atoms with E-state index in [4.69, 9.17) is 9.47 Å². The molecule has 132 valence electrons. The first-order valence-electron chi connectivity index (χ1n) is 10.1. The summed E-state index contributed by atoms with van der Waals surface area (Å²) in [5, 5.41) is 0. The first kappa shape index (κ1) is 17.3. The molecule has 1 saturated heterocycles. The highest BCUT2D eigenvalue weighted by Gasteiger charge is 2.47. The van der Waals surface area contributed by atoms with Crippen LogP contribution in [0.15, 0.2) is 0 Å². The molecule has 0 aromatic carbocycles. The number of unbranched alkanes of at least 4 members (excludes halogenated alkanes) is 4. The van der Waals surface area contributed by atoms with Crippen LogP contribution in [-0.4, -0.2) is 24.8 Å². The summed E-state index contributed by atoms with van der Waals surface area (Å²) in [4.78, 5) is 12.2. The number of rotatable bonds is 7. The van der Waals surface area contributed by atoms with Gasteiger partial charge < -0.3 is 9.47 Å². The van der Waals surface area contributed by atoms with Gasteiger partial charge in [-0.05, 0) is 50.4 Å². The fraction of sp³-hybridized carbons (Fsp3) is 0.950. The van der Waals surface area contributed by atoms with Crippen molar-refractivity contribution in [1.29, 1.82) is 0 Å². The number of ether oxygens (including phenoxy) is 2. The number of hydrogen-bond acceptors (Lipinski definition) is 3. The van der Waals surface area contributed by atoms with Crippen molar-refractivity contribution in [2.75, 3.05) is 6.61 Å². The largest absolute Gasteiger partial charge is 0.462 e. The van der Waals surface area contributed by atoms with Crippen molar-refractivity contribution in [3.8, 4) is 0 Å². The molecule has 0 aromatic rings. The van der Waals surface area contributed by atoms with Crippen LogP contribution >= 0.6 is 0 Å². The number of hydrogen-bond donors (Lipinski definition) is 0. The molecule has 0 aromatic heterocycles. The SMILES string of the molecule is CCCCCCCC(=O)OC1CCC2C1CCCC1CCOC12. The van der Waals surface area contributed by atoms with Gasteiger partial charge in [-0.25, -0.2) is 0 Å². The van der Waals surface area contributed by atoms with Crippen LogP contribution in [0.2, 0.25) is 0 Å². The van der Waals surface area contributed by atoms with E-state index in [0.29, 0.717) is 24.4 Å². The predicted molar refractivity (Wildman–Crippen MR) is 91.2 cm³/mol. The van der Waals surface area contributed by atoms with Gasteiger partial charge in [0.25, 0.3) is 0 Å². The average molecular weight is 322 g/mol. The summed E-state index contributed by atoms with van der Waals surface area (Å²) in [6.45, 7) is 3.16. The Balaban J connectivity index is 1.45. The molecule has 0 spiro atoms. The van der Waals surface area contributed by atoms with E-state index < -0.39 is 0 Å². The Labute approximate surface area is 141 Å². The lowest BCUT2D eigenvalue weighted by molar-refractivity contribution is -0.151. The van der Waals surface area contributed by atoms with Gasteiger partial charge in [-0.2, -0.15) is 0 Å². The van der Waals surface area contributed by atoms with Crippen LogP contribution in [0.3, 0.4) is 0 Å². The van der Waals surface area contributed by atoms with Crippen molar-refractivity contribution in [1.82, 2.24) is 0 Å². The molecule has 0 N–H and O–H groups in total. The summed E-state index contributed by atoms with van der Waals surface area (Å²) in [6, 6.07) is 0. The van der Waals surface area contributed by atoms with Crippen molar-refractivity contribution in [2.45, 2.75) is 96.2 Å². The Bertz CT molecular complexity index is 381. The minimum atomic E-state index is 0.0419.